The zero-order chi connectivity index (χ0) is 16.5. The summed E-state index contributed by atoms with van der Waals surface area (Å²) in [6, 6.07) is 4.91. The molecule has 0 aliphatic rings. The molecule has 3 nitrogen and oxygen atoms in total. The number of rotatable bonds is 5. The van der Waals surface area contributed by atoms with Crippen molar-refractivity contribution in [3.05, 3.63) is 29.8 Å². The van der Waals surface area contributed by atoms with E-state index in [1.807, 2.05) is 0 Å². The monoisotopic (exact) mass is 246 g/mol. The van der Waals surface area contributed by atoms with Gasteiger partial charge < -0.3 is 0 Å². The number of benzene rings is 1. The molecule has 0 N–H and O–H groups in total. The van der Waals surface area contributed by atoms with Crippen LogP contribution in [0.4, 0.5) is 0 Å². The second-order valence-corrected chi connectivity index (χ2v) is 5.18. The van der Waals surface area contributed by atoms with E-state index in [4.69, 9.17) is 6.85 Å². The first kappa shape index (κ1) is 7.45. The molecule has 0 amide bonds. The van der Waals surface area contributed by atoms with Crippen LogP contribution in [0, 0.1) is 0 Å². The highest BCUT2D eigenvalue weighted by atomic mass is 32.2. The van der Waals surface area contributed by atoms with Gasteiger partial charge in [-0.3, -0.25) is 0 Å². The zero-order valence-electron chi connectivity index (χ0n) is 14.4. The largest absolute Gasteiger partial charge is 0.243 e. The molecular formula is C12H19NO2S. The molecule has 0 fully saturated rings. The van der Waals surface area contributed by atoms with Gasteiger partial charge in [-0.25, -0.2) is 8.42 Å². The quantitative estimate of drug-likeness (QED) is 0.799. The molecule has 0 unspecified atom stereocenters. The number of hydrogen-bond acceptors (Lipinski definition) is 2. The lowest BCUT2D eigenvalue weighted by molar-refractivity contribution is 0.445. The number of nitrogens with zero attached hydrogens (tertiary/aromatic N) is 1. The van der Waals surface area contributed by atoms with Gasteiger partial charge in [-0.15, -0.1) is 0 Å². The van der Waals surface area contributed by atoms with Crippen molar-refractivity contribution in [3.63, 3.8) is 0 Å². The fourth-order valence-corrected chi connectivity index (χ4v) is 2.88. The molecule has 0 heterocycles. The van der Waals surface area contributed by atoms with Gasteiger partial charge in [-0.2, -0.15) is 4.31 Å². The molecule has 1 rings (SSSR count). The van der Waals surface area contributed by atoms with E-state index in [9.17, 15) is 8.42 Å². The van der Waals surface area contributed by atoms with Crippen LogP contribution in [0.5, 0.6) is 0 Å². The van der Waals surface area contributed by atoms with E-state index in [1.54, 1.807) is 13.8 Å². The molecule has 1 aromatic rings. The fraction of sp³-hybridized carbons (Fsp3) is 0.500. The van der Waals surface area contributed by atoms with Crippen molar-refractivity contribution < 1.29 is 15.3 Å². The average Bonchev–Trinajstić information content (AvgIpc) is 2.38. The summed E-state index contributed by atoms with van der Waals surface area (Å²) in [5.74, 6) is 0. The maximum atomic E-state index is 12.3. The molecule has 0 aromatic heterocycles. The highest BCUT2D eigenvalue weighted by molar-refractivity contribution is 7.89. The molecule has 16 heavy (non-hydrogen) atoms. The first-order valence-electron chi connectivity index (χ1n) is 7.59. The maximum absolute atomic E-state index is 12.3. The Kier molecular flexibility index (Phi) is 2.54. The van der Waals surface area contributed by atoms with E-state index < -0.39 is 23.2 Å². The molecule has 0 spiro atoms. The first-order chi connectivity index (χ1) is 9.48. The lowest BCUT2D eigenvalue weighted by Gasteiger charge is -2.18. The van der Waals surface area contributed by atoms with Crippen molar-refractivity contribution in [2.45, 2.75) is 32.0 Å². The van der Waals surface area contributed by atoms with Gasteiger partial charge in [-0.05, 0) is 24.1 Å². The molecule has 0 saturated carbocycles. The van der Waals surface area contributed by atoms with Crippen molar-refractivity contribution in [1.82, 2.24) is 4.31 Å². The molecule has 0 aliphatic heterocycles. The Labute approximate surface area is 105 Å². The van der Waals surface area contributed by atoms with Crippen LogP contribution in [0.15, 0.2) is 29.2 Å². The summed E-state index contributed by atoms with van der Waals surface area (Å²) in [4.78, 5) is 0.0243. The minimum atomic E-state index is -3.63. The molecule has 4 heteroatoms. The number of sulfonamides is 1. The summed E-state index contributed by atoms with van der Waals surface area (Å²) in [5.41, 5.74) is -0.0685. The summed E-state index contributed by atoms with van der Waals surface area (Å²) in [7, 11) is -3.63. The third kappa shape index (κ3) is 2.62. The van der Waals surface area contributed by atoms with Gasteiger partial charge in [-0.1, -0.05) is 32.8 Å². The lowest BCUT2D eigenvalue weighted by Crippen LogP contribution is -2.30. The Morgan fingerprint density at radius 3 is 2.25 bits per heavy atom. The Bertz CT molecular complexity index is 577. The smallest absolute Gasteiger partial charge is 0.207 e. The molecule has 0 bridgehead atoms. The van der Waals surface area contributed by atoms with Crippen molar-refractivity contribution in [3.8, 4) is 0 Å². The standard InChI is InChI=1S/C12H19NO2S/c1-4-11-7-9-12(10-8-11)16(14,15)13(5-2)6-3/h7-10H,4-6H2,1-3H3/i1D3,4D2. The summed E-state index contributed by atoms with van der Waals surface area (Å²) in [6.07, 6.45) is -2.52. The third-order valence-electron chi connectivity index (χ3n) is 2.34. The van der Waals surface area contributed by atoms with Gasteiger partial charge in [0.2, 0.25) is 10.0 Å². The Morgan fingerprint density at radius 1 is 1.25 bits per heavy atom. The van der Waals surface area contributed by atoms with E-state index in [2.05, 4.69) is 0 Å². The summed E-state index contributed by atoms with van der Waals surface area (Å²) >= 11 is 0. The Morgan fingerprint density at radius 2 is 1.81 bits per heavy atom. The summed E-state index contributed by atoms with van der Waals surface area (Å²) < 4.78 is 62.7. The topological polar surface area (TPSA) is 37.4 Å². The Hall–Kier alpha value is -0.870. The van der Waals surface area contributed by atoms with E-state index >= 15 is 0 Å². The second-order valence-electron chi connectivity index (χ2n) is 3.24. The second kappa shape index (κ2) is 5.46. The Balaban J connectivity index is 3.21. The van der Waals surface area contributed by atoms with Crippen LogP contribution in [0.3, 0.4) is 0 Å². The molecule has 1 aromatic carbocycles. The highest BCUT2D eigenvalue weighted by Crippen LogP contribution is 2.16. The van der Waals surface area contributed by atoms with Crippen LogP contribution in [0.1, 0.15) is 33.1 Å². The normalized spacial score (nSPS) is 18.3. The minimum absolute atomic E-state index is 0.0243. The molecule has 0 saturated heterocycles. The predicted octanol–water partition coefficient (Wildman–Crippen LogP) is 2.28. The van der Waals surface area contributed by atoms with E-state index in [1.165, 1.54) is 28.6 Å². The third-order valence-corrected chi connectivity index (χ3v) is 4.41. The van der Waals surface area contributed by atoms with Gasteiger partial charge in [0.05, 0.1) is 4.90 Å². The summed E-state index contributed by atoms with van der Waals surface area (Å²) in [5, 5.41) is 0. The fourth-order valence-electron chi connectivity index (χ4n) is 1.42. The number of aryl methyl sites for hydroxylation is 1. The summed E-state index contributed by atoms with van der Waals surface area (Å²) in [6.45, 7) is 1.30. The van der Waals surface area contributed by atoms with Crippen molar-refractivity contribution >= 4 is 10.0 Å². The van der Waals surface area contributed by atoms with E-state index in [0.29, 0.717) is 13.1 Å². The van der Waals surface area contributed by atoms with E-state index in [0.717, 1.165) is 0 Å². The van der Waals surface area contributed by atoms with Crippen molar-refractivity contribution in [2.75, 3.05) is 13.1 Å². The van der Waals surface area contributed by atoms with Crippen molar-refractivity contribution in [1.29, 1.82) is 0 Å². The van der Waals surface area contributed by atoms with Gasteiger partial charge in [0, 0.05) is 19.9 Å². The van der Waals surface area contributed by atoms with Gasteiger partial charge in [0.1, 0.15) is 0 Å². The first-order valence-corrected chi connectivity index (χ1v) is 6.53. The number of hydrogen-bond donors (Lipinski definition) is 0. The van der Waals surface area contributed by atoms with Crippen LogP contribution in [0.25, 0.3) is 0 Å². The van der Waals surface area contributed by atoms with Crippen LogP contribution >= 0.6 is 0 Å². The van der Waals surface area contributed by atoms with Crippen LogP contribution in [-0.2, 0) is 16.4 Å². The molecule has 0 atom stereocenters. The molecule has 90 valence electrons. The van der Waals surface area contributed by atoms with Gasteiger partial charge >= 0.3 is 0 Å². The molecule has 0 aliphatic carbocycles. The maximum Gasteiger partial charge on any atom is 0.243 e. The van der Waals surface area contributed by atoms with E-state index in [-0.39, 0.29) is 10.5 Å². The van der Waals surface area contributed by atoms with Crippen LogP contribution in [0.2, 0.25) is 0 Å². The zero-order valence-corrected chi connectivity index (χ0v) is 10.2. The average molecular weight is 246 g/mol. The highest BCUT2D eigenvalue weighted by Gasteiger charge is 2.20. The minimum Gasteiger partial charge on any atom is -0.207 e. The van der Waals surface area contributed by atoms with Crippen LogP contribution < -0.4 is 0 Å². The lowest BCUT2D eigenvalue weighted by atomic mass is 10.2. The molecular weight excluding hydrogens is 222 g/mol. The van der Waals surface area contributed by atoms with Gasteiger partial charge in [0.25, 0.3) is 0 Å². The van der Waals surface area contributed by atoms with Crippen molar-refractivity contribution in [2.24, 2.45) is 0 Å². The van der Waals surface area contributed by atoms with Gasteiger partial charge in [0.15, 0.2) is 0 Å². The molecule has 0 radical (unpaired) electrons. The SMILES string of the molecule is [2H]C([2H])([2H])C([2H])([2H])c1ccc(S(=O)(=O)N(CC)CC)cc1. The predicted molar refractivity (Wildman–Crippen MR) is 65.9 cm³/mol. The van der Waals surface area contributed by atoms with Crippen LogP contribution in [-0.4, -0.2) is 25.8 Å².